The van der Waals surface area contributed by atoms with Crippen LogP contribution in [0.5, 0.6) is 0 Å². The maximum atomic E-state index is 11.7. The first-order valence-corrected chi connectivity index (χ1v) is 5.65. The second-order valence-corrected chi connectivity index (χ2v) is 4.53. The summed E-state index contributed by atoms with van der Waals surface area (Å²) in [4.78, 5) is 11.7. The highest BCUT2D eigenvalue weighted by atomic mass is 16.2. The van der Waals surface area contributed by atoms with Gasteiger partial charge in [-0.1, -0.05) is 0 Å². The van der Waals surface area contributed by atoms with E-state index in [0.29, 0.717) is 18.0 Å². The maximum Gasteiger partial charge on any atom is 0.238 e. The summed E-state index contributed by atoms with van der Waals surface area (Å²) < 4.78 is 0. The number of amides is 1. The van der Waals surface area contributed by atoms with Gasteiger partial charge in [0.25, 0.3) is 0 Å². The van der Waals surface area contributed by atoms with Gasteiger partial charge in [0.15, 0.2) is 0 Å². The molecule has 0 bridgehead atoms. The number of hydrogen-bond acceptors (Lipinski definition) is 3. The zero-order valence-corrected chi connectivity index (χ0v) is 8.41. The smallest absolute Gasteiger partial charge is 0.238 e. The predicted octanol–water partition coefficient (Wildman–Crippen LogP) is -0.0400. The molecule has 1 saturated carbocycles. The number of carbonyl (C=O) groups is 1. The first-order valence-electron chi connectivity index (χ1n) is 5.65. The van der Waals surface area contributed by atoms with Gasteiger partial charge in [-0.3, -0.25) is 9.80 Å². The van der Waals surface area contributed by atoms with Crippen molar-refractivity contribution < 1.29 is 4.79 Å². The van der Waals surface area contributed by atoms with E-state index in [9.17, 15) is 4.79 Å². The second-order valence-electron chi connectivity index (χ2n) is 4.53. The van der Waals surface area contributed by atoms with Crippen LogP contribution < -0.4 is 5.32 Å². The number of hydrazine groups is 1. The Bertz CT molecular complexity index is 246. The minimum atomic E-state index is 0.347. The van der Waals surface area contributed by atoms with Gasteiger partial charge in [0, 0.05) is 31.6 Å². The Morgan fingerprint density at radius 3 is 2.71 bits per heavy atom. The van der Waals surface area contributed by atoms with Crippen LogP contribution in [0.25, 0.3) is 0 Å². The van der Waals surface area contributed by atoms with E-state index in [-0.39, 0.29) is 0 Å². The van der Waals surface area contributed by atoms with Crippen LogP contribution in [0.2, 0.25) is 0 Å². The summed E-state index contributed by atoms with van der Waals surface area (Å²) in [5, 5.41) is 7.74. The Balaban J connectivity index is 1.73. The van der Waals surface area contributed by atoms with Gasteiger partial charge >= 0.3 is 0 Å². The van der Waals surface area contributed by atoms with Gasteiger partial charge < -0.3 is 5.32 Å². The molecule has 2 saturated heterocycles. The lowest BCUT2D eigenvalue weighted by Gasteiger charge is -2.32. The molecule has 2 aliphatic heterocycles. The average Bonchev–Trinajstić information content (AvgIpc) is 2.75. The third-order valence-electron chi connectivity index (χ3n) is 3.44. The number of carbonyl (C=O) groups excluding carboxylic acids is 1. The number of nitrogens with zero attached hydrogens (tertiary/aromatic N) is 2. The molecule has 0 aromatic rings. The molecule has 4 nitrogen and oxygen atoms in total. The molecule has 14 heavy (non-hydrogen) atoms. The molecular formula is C10H17N3O. The standard InChI is InChI=1S/C10H17N3O/c14-10-4-6-12(9-3-5-11-7-9)13(10)8-1-2-8/h8-9,11H,1-7H2. The van der Waals surface area contributed by atoms with Gasteiger partial charge in [-0.05, 0) is 25.8 Å². The van der Waals surface area contributed by atoms with E-state index in [1.807, 2.05) is 0 Å². The van der Waals surface area contributed by atoms with E-state index in [0.717, 1.165) is 26.1 Å². The van der Waals surface area contributed by atoms with Crippen molar-refractivity contribution in [3.05, 3.63) is 0 Å². The molecule has 0 radical (unpaired) electrons. The molecule has 1 aliphatic carbocycles. The van der Waals surface area contributed by atoms with Crippen molar-refractivity contribution in [1.29, 1.82) is 0 Å². The van der Waals surface area contributed by atoms with Crippen LogP contribution in [0.3, 0.4) is 0 Å². The predicted molar refractivity (Wildman–Crippen MR) is 52.5 cm³/mol. The van der Waals surface area contributed by atoms with Crippen molar-refractivity contribution in [1.82, 2.24) is 15.3 Å². The Hall–Kier alpha value is -0.610. The molecule has 1 N–H and O–H groups in total. The third kappa shape index (κ3) is 1.33. The number of rotatable bonds is 2. The van der Waals surface area contributed by atoms with Gasteiger partial charge in [-0.2, -0.15) is 0 Å². The van der Waals surface area contributed by atoms with Gasteiger partial charge in [0.05, 0.1) is 0 Å². The Morgan fingerprint density at radius 2 is 2.07 bits per heavy atom. The van der Waals surface area contributed by atoms with Crippen molar-refractivity contribution >= 4 is 5.91 Å². The van der Waals surface area contributed by atoms with Crippen molar-refractivity contribution in [2.45, 2.75) is 37.8 Å². The van der Waals surface area contributed by atoms with Gasteiger partial charge in [-0.25, -0.2) is 5.01 Å². The molecule has 4 heteroatoms. The topological polar surface area (TPSA) is 35.6 Å². The lowest BCUT2D eigenvalue weighted by molar-refractivity contribution is -0.141. The molecular weight excluding hydrogens is 178 g/mol. The molecule has 1 atom stereocenters. The number of hydrogen-bond donors (Lipinski definition) is 1. The van der Waals surface area contributed by atoms with Crippen molar-refractivity contribution in [3.8, 4) is 0 Å². The van der Waals surface area contributed by atoms with Crippen molar-refractivity contribution in [2.24, 2.45) is 0 Å². The highest BCUT2D eigenvalue weighted by Crippen LogP contribution is 2.33. The Labute approximate surface area is 84.2 Å². The molecule has 3 aliphatic rings. The summed E-state index contributed by atoms with van der Waals surface area (Å²) in [6.45, 7) is 3.10. The molecule has 2 heterocycles. The SMILES string of the molecule is O=C1CCN(C2CCNC2)N1C1CC1. The van der Waals surface area contributed by atoms with E-state index < -0.39 is 0 Å². The van der Waals surface area contributed by atoms with Crippen LogP contribution in [0.4, 0.5) is 0 Å². The lowest BCUT2D eigenvalue weighted by atomic mass is 10.2. The second kappa shape index (κ2) is 3.21. The fraction of sp³-hybridized carbons (Fsp3) is 0.900. The van der Waals surface area contributed by atoms with Crippen molar-refractivity contribution in [2.75, 3.05) is 19.6 Å². The van der Waals surface area contributed by atoms with Crippen LogP contribution in [-0.4, -0.2) is 47.6 Å². The van der Waals surface area contributed by atoms with E-state index in [4.69, 9.17) is 0 Å². The fourth-order valence-electron chi connectivity index (χ4n) is 2.56. The quantitative estimate of drug-likeness (QED) is 0.671. The minimum absolute atomic E-state index is 0.347. The summed E-state index contributed by atoms with van der Waals surface area (Å²) in [6, 6.07) is 1.12. The van der Waals surface area contributed by atoms with Crippen LogP contribution in [0, 0.1) is 0 Å². The third-order valence-corrected chi connectivity index (χ3v) is 3.44. The van der Waals surface area contributed by atoms with Crippen LogP contribution in [0.1, 0.15) is 25.7 Å². The summed E-state index contributed by atoms with van der Waals surface area (Å²) in [5.41, 5.74) is 0. The Kier molecular flexibility index (Phi) is 1.99. The van der Waals surface area contributed by atoms with Crippen molar-refractivity contribution in [3.63, 3.8) is 0 Å². The summed E-state index contributed by atoms with van der Waals surface area (Å²) >= 11 is 0. The van der Waals surface area contributed by atoms with Crippen LogP contribution in [0.15, 0.2) is 0 Å². The molecule has 78 valence electrons. The molecule has 3 fully saturated rings. The summed E-state index contributed by atoms with van der Waals surface area (Å²) in [5.74, 6) is 0.347. The van der Waals surface area contributed by atoms with E-state index in [1.165, 1.54) is 19.3 Å². The number of nitrogens with one attached hydrogen (secondary N) is 1. The zero-order chi connectivity index (χ0) is 9.54. The van der Waals surface area contributed by atoms with E-state index in [1.54, 1.807) is 0 Å². The van der Waals surface area contributed by atoms with E-state index >= 15 is 0 Å². The fourth-order valence-corrected chi connectivity index (χ4v) is 2.56. The van der Waals surface area contributed by atoms with Gasteiger partial charge in [0.2, 0.25) is 5.91 Å². The molecule has 1 amide bonds. The van der Waals surface area contributed by atoms with Crippen LogP contribution in [-0.2, 0) is 4.79 Å². The maximum absolute atomic E-state index is 11.7. The zero-order valence-electron chi connectivity index (χ0n) is 8.41. The molecule has 3 rings (SSSR count). The lowest BCUT2D eigenvalue weighted by Crippen LogP contribution is -2.47. The first-order chi connectivity index (χ1) is 6.86. The summed E-state index contributed by atoms with van der Waals surface area (Å²) in [6.07, 6.45) is 4.34. The van der Waals surface area contributed by atoms with Gasteiger partial charge in [0.1, 0.15) is 0 Å². The normalized spacial score (nSPS) is 34.4. The molecule has 0 aromatic carbocycles. The average molecular weight is 195 g/mol. The largest absolute Gasteiger partial charge is 0.315 e. The van der Waals surface area contributed by atoms with Gasteiger partial charge in [-0.15, -0.1) is 0 Å². The minimum Gasteiger partial charge on any atom is -0.315 e. The van der Waals surface area contributed by atoms with E-state index in [2.05, 4.69) is 15.3 Å². The highest BCUT2D eigenvalue weighted by Gasteiger charge is 2.43. The van der Waals surface area contributed by atoms with Crippen LogP contribution >= 0.6 is 0 Å². The Morgan fingerprint density at radius 1 is 1.21 bits per heavy atom. The molecule has 0 spiro atoms. The monoisotopic (exact) mass is 195 g/mol. The summed E-state index contributed by atoms with van der Waals surface area (Å²) in [7, 11) is 0. The highest BCUT2D eigenvalue weighted by molar-refractivity contribution is 5.78. The molecule has 1 unspecified atom stereocenters. The first kappa shape index (κ1) is 8.68. The molecule has 0 aromatic heterocycles.